The summed E-state index contributed by atoms with van der Waals surface area (Å²) in [7, 11) is 1.22. The SMILES string of the molecule is COC(=O)C1=C(N)Oc2n[nH]c(-c3ccccc3)c2[C@@]12C(=O)N(Cc1ccc(F)cc1)c1ccccc12. The van der Waals surface area contributed by atoms with Gasteiger partial charge >= 0.3 is 5.97 Å². The van der Waals surface area contributed by atoms with Crippen LogP contribution < -0.4 is 15.4 Å². The zero-order chi connectivity index (χ0) is 25.7. The smallest absolute Gasteiger partial charge is 0.340 e. The van der Waals surface area contributed by atoms with Gasteiger partial charge in [0, 0.05) is 16.8 Å². The molecule has 3 N–H and O–H groups in total. The number of methoxy groups -OCH3 is 1. The van der Waals surface area contributed by atoms with Gasteiger partial charge in [0.05, 0.1) is 24.9 Å². The van der Waals surface area contributed by atoms with Crippen molar-refractivity contribution in [1.82, 2.24) is 10.2 Å². The summed E-state index contributed by atoms with van der Waals surface area (Å²) < 4.78 is 24.5. The van der Waals surface area contributed by atoms with Crippen LogP contribution in [0.3, 0.4) is 0 Å². The minimum atomic E-state index is -1.69. The summed E-state index contributed by atoms with van der Waals surface area (Å²) in [5.74, 6) is -1.77. The molecule has 2 aliphatic heterocycles. The predicted octanol–water partition coefficient (Wildman–Crippen LogP) is 3.78. The maximum absolute atomic E-state index is 14.7. The lowest BCUT2D eigenvalue weighted by Crippen LogP contribution is -2.48. The van der Waals surface area contributed by atoms with Gasteiger partial charge in [-0.2, -0.15) is 0 Å². The quantitative estimate of drug-likeness (QED) is 0.416. The van der Waals surface area contributed by atoms with Gasteiger partial charge in [-0.25, -0.2) is 9.18 Å². The first-order chi connectivity index (χ1) is 18.0. The van der Waals surface area contributed by atoms with Crippen LogP contribution in [-0.4, -0.2) is 29.2 Å². The number of nitrogens with two attached hydrogens (primary N) is 1. The van der Waals surface area contributed by atoms with Gasteiger partial charge in [-0.1, -0.05) is 60.7 Å². The summed E-state index contributed by atoms with van der Waals surface area (Å²) in [6, 6.07) is 22.4. The molecule has 1 spiro atoms. The summed E-state index contributed by atoms with van der Waals surface area (Å²) in [5.41, 5.74) is 7.92. The van der Waals surface area contributed by atoms with Crippen LogP contribution in [0.4, 0.5) is 10.1 Å². The van der Waals surface area contributed by atoms with Crippen molar-refractivity contribution in [3.05, 3.63) is 113 Å². The highest BCUT2D eigenvalue weighted by Crippen LogP contribution is 2.57. The Morgan fingerprint density at radius 2 is 1.78 bits per heavy atom. The first-order valence-electron chi connectivity index (χ1n) is 11.5. The molecule has 8 nitrogen and oxygen atoms in total. The highest BCUT2D eigenvalue weighted by atomic mass is 19.1. The molecule has 3 heterocycles. The predicted molar refractivity (Wildman–Crippen MR) is 133 cm³/mol. The number of H-pyrrole nitrogens is 1. The molecule has 2 aliphatic rings. The molecule has 37 heavy (non-hydrogen) atoms. The number of aromatic nitrogens is 2. The average molecular weight is 496 g/mol. The molecule has 0 saturated carbocycles. The lowest BCUT2D eigenvalue weighted by Gasteiger charge is -2.34. The third-order valence-electron chi connectivity index (χ3n) is 6.81. The molecule has 0 radical (unpaired) electrons. The standard InChI is InChI=1S/C28H21FN4O4/c1-36-26(34)22-24(30)37-25-21(23(31-32-25)17-7-3-2-4-8-17)28(22)19-9-5-6-10-20(19)33(27(28)35)15-16-11-13-18(29)14-12-16/h2-14H,15,30H2,1H3,(H,31,32)/t28-/m1/s1. The van der Waals surface area contributed by atoms with Crippen LogP contribution in [0, 0.1) is 5.82 Å². The average Bonchev–Trinajstić information content (AvgIpc) is 3.44. The van der Waals surface area contributed by atoms with Gasteiger partial charge in [0.2, 0.25) is 17.7 Å². The van der Waals surface area contributed by atoms with Crippen molar-refractivity contribution >= 4 is 17.6 Å². The first kappa shape index (κ1) is 22.5. The molecule has 184 valence electrons. The zero-order valence-corrected chi connectivity index (χ0v) is 19.7. The summed E-state index contributed by atoms with van der Waals surface area (Å²) in [4.78, 5) is 29.5. The van der Waals surface area contributed by atoms with Crippen LogP contribution >= 0.6 is 0 Å². The highest BCUT2D eigenvalue weighted by Gasteiger charge is 2.62. The largest absolute Gasteiger partial charge is 0.465 e. The fourth-order valence-corrected chi connectivity index (χ4v) is 5.25. The summed E-state index contributed by atoms with van der Waals surface area (Å²) in [6.07, 6.45) is 0. The molecular weight excluding hydrogens is 475 g/mol. The van der Waals surface area contributed by atoms with Crippen molar-refractivity contribution in [3.8, 4) is 17.1 Å². The number of hydrogen-bond donors (Lipinski definition) is 2. The van der Waals surface area contributed by atoms with E-state index in [4.69, 9.17) is 15.2 Å². The highest BCUT2D eigenvalue weighted by molar-refractivity contribution is 6.19. The Balaban J connectivity index is 1.65. The molecule has 0 fully saturated rings. The molecule has 0 aliphatic carbocycles. The van der Waals surface area contributed by atoms with E-state index in [1.54, 1.807) is 41.3 Å². The van der Waals surface area contributed by atoms with E-state index in [0.29, 0.717) is 28.1 Å². The molecule has 6 rings (SSSR count). The monoisotopic (exact) mass is 496 g/mol. The third-order valence-corrected chi connectivity index (χ3v) is 6.81. The van der Waals surface area contributed by atoms with Gasteiger partial charge in [0.1, 0.15) is 16.8 Å². The number of para-hydroxylation sites is 1. The maximum atomic E-state index is 14.7. The van der Waals surface area contributed by atoms with Gasteiger partial charge in [0.25, 0.3) is 0 Å². The lowest BCUT2D eigenvalue weighted by molar-refractivity contribution is -0.138. The Morgan fingerprint density at radius 3 is 2.51 bits per heavy atom. The number of ether oxygens (including phenoxy) is 2. The number of aromatic amines is 1. The number of nitrogens with zero attached hydrogens (tertiary/aromatic N) is 2. The minimum absolute atomic E-state index is 0.0933. The number of nitrogens with one attached hydrogen (secondary N) is 1. The summed E-state index contributed by atoms with van der Waals surface area (Å²) in [5, 5.41) is 7.30. The van der Waals surface area contributed by atoms with Crippen LogP contribution in [-0.2, 0) is 26.3 Å². The summed E-state index contributed by atoms with van der Waals surface area (Å²) in [6.45, 7) is 0.140. The second kappa shape index (κ2) is 8.34. The van der Waals surface area contributed by atoms with Crippen molar-refractivity contribution in [2.45, 2.75) is 12.0 Å². The minimum Gasteiger partial charge on any atom is -0.465 e. The molecule has 1 aromatic heterocycles. The molecule has 0 unspecified atom stereocenters. The van der Waals surface area contributed by atoms with E-state index in [1.807, 2.05) is 30.3 Å². The van der Waals surface area contributed by atoms with Gasteiger partial charge < -0.3 is 20.1 Å². The van der Waals surface area contributed by atoms with Gasteiger partial charge in [0.15, 0.2) is 0 Å². The maximum Gasteiger partial charge on any atom is 0.340 e. The first-order valence-corrected chi connectivity index (χ1v) is 11.5. The van der Waals surface area contributed by atoms with E-state index >= 15 is 0 Å². The van der Waals surface area contributed by atoms with Crippen LogP contribution in [0.5, 0.6) is 5.88 Å². The van der Waals surface area contributed by atoms with Crippen molar-refractivity contribution < 1.29 is 23.5 Å². The van der Waals surface area contributed by atoms with E-state index in [-0.39, 0.29) is 29.7 Å². The molecule has 1 amide bonds. The number of carbonyl (C=O) groups excluding carboxylic acids is 2. The Kier molecular flexibility index (Phi) is 5.08. The second-order valence-corrected chi connectivity index (χ2v) is 8.76. The van der Waals surface area contributed by atoms with E-state index in [0.717, 1.165) is 5.56 Å². The Hall–Kier alpha value is -4.92. The third kappa shape index (κ3) is 3.17. The number of anilines is 1. The molecule has 0 saturated heterocycles. The number of esters is 1. The molecule has 3 aromatic carbocycles. The Labute approximate surface area is 211 Å². The second-order valence-electron chi connectivity index (χ2n) is 8.76. The Morgan fingerprint density at radius 1 is 1.08 bits per heavy atom. The summed E-state index contributed by atoms with van der Waals surface area (Å²) >= 11 is 0. The topological polar surface area (TPSA) is 111 Å². The molecule has 0 bridgehead atoms. The molecule has 9 heteroatoms. The molecule has 1 atom stereocenters. The van der Waals surface area contributed by atoms with E-state index in [1.165, 1.54) is 19.2 Å². The number of benzene rings is 3. The van der Waals surface area contributed by atoms with Gasteiger partial charge in [-0.15, -0.1) is 5.10 Å². The van der Waals surface area contributed by atoms with Crippen molar-refractivity contribution in [2.24, 2.45) is 5.73 Å². The number of amides is 1. The fraction of sp³-hybridized carbons (Fsp3) is 0.107. The number of halogens is 1. The van der Waals surface area contributed by atoms with E-state index < -0.39 is 17.3 Å². The molecular formula is C28H21FN4O4. The van der Waals surface area contributed by atoms with E-state index in [2.05, 4.69) is 10.2 Å². The van der Waals surface area contributed by atoms with Crippen LogP contribution in [0.2, 0.25) is 0 Å². The van der Waals surface area contributed by atoms with Crippen LogP contribution in [0.1, 0.15) is 16.7 Å². The number of hydrogen-bond acceptors (Lipinski definition) is 6. The van der Waals surface area contributed by atoms with Crippen LogP contribution in [0.25, 0.3) is 11.3 Å². The van der Waals surface area contributed by atoms with Gasteiger partial charge in [-0.3, -0.25) is 9.89 Å². The van der Waals surface area contributed by atoms with E-state index in [9.17, 15) is 14.0 Å². The normalized spacial score (nSPS) is 18.0. The number of rotatable bonds is 4. The van der Waals surface area contributed by atoms with Gasteiger partial charge in [-0.05, 0) is 23.8 Å². The number of carbonyl (C=O) groups is 2. The zero-order valence-electron chi connectivity index (χ0n) is 19.7. The lowest BCUT2D eigenvalue weighted by atomic mass is 9.68. The van der Waals surface area contributed by atoms with Crippen LogP contribution in [0.15, 0.2) is 90.3 Å². The van der Waals surface area contributed by atoms with Crippen molar-refractivity contribution in [3.63, 3.8) is 0 Å². The fourth-order valence-electron chi connectivity index (χ4n) is 5.25. The number of fused-ring (bicyclic) bond motifs is 4. The van der Waals surface area contributed by atoms with Crippen molar-refractivity contribution in [2.75, 3.05) is 12.0 Å². The van der Waals surface area contributed by atoms with Crippen molar-refractivity contribution in [1.29, 1.82) is 0 Å². The molecule has 4 aromatic rings. The Bertz CT molecular complexity index is 1580.